The summed E-state index contributed by atoms with van der Waals surface area (Å²) in [6, 6.07) is 7.67. The monoisotopic (exact) mass is 201 g/mol. The molecule has 1 N–H and O–H groups in total. The Morgan fingerprint density at radius 2 is 2.13 bits per heavy atom. The molecule has 2 aromatic rings. The minimum Gasteiger partial charge on any atom is -0.388 e. The van der Waals surface area contributed by atoms with Gasteiger partial charge in [0.05, 0.1) is 6.10 Å². The van der Waals surface area contributed by atoms with Gasteiger partial charge in [0, 0.05) is 29.8 Å². The fourth-order valence-electron chi connectivity index (χ4n) is 1.62. The van der Waals surface area contributed by atoms with E-state index >= 15 is 0 Å². The van der Waals surface area contributed by atoms with Crippen LogP contribution in [0.2, 0.25) is 0 Å². The van der Waals surface area contributed by atoms with E-state index in [1.165, 1.54) is 0 Å². The van der Waals surface area contributed by atoms with Crippen molar-refractivity contribution in [2.45, 2.75) is 12.5 Å². The Bertz CT molecular complexity index is 477. The molecule has 0 saturated carbocycles. The highest BCUT2D eigenvalue weighted by molar-refractivity contribution is 5.85. The average molecular weight is 201 g/mol. The second kappa shape index (κ2) is 4.19. The summed E-state index contributed by atoms with van der Waals surface area (Å²) in [6.07, 6.45) is 3.41. The molecule has 1 atom stereocenters. The van der Waals surface area contributed by atoms with Crippen molar-refractivity contribution in [1.29, 1.82) is 0 Å². The van der Waals surface area contributed by atoms with Gasteiger partial charge in [-0.05, 0) is 5.39 Å². The van der Waals surface area contributed by atoms with Crippen LogP contribution in [0.3, 0.4) is 0 Å². The zero-order valence-electron chi connectivity index (χ0n) is 8.13. The molecule has 15 heavy (non-hydrogen) atoms. The first-order chi connectivity index (χ1) is 7.33. The first-order valence-electron chi connectivity index (χ1n) is 4.77. The Hall–Kier alpha value is -1.74. The Labute approximate surface area is 87.4 Å². The van der Waals surface area contributed by atoms with E-state index in [1.807, 2.05) is 24.3 Å². The average Bonchev–Trinajstić information content (AvgIpc) is 2.28. The smallest absolute Gasteiger partial charge is 0.122 e. The van der Waals surface area contributed by atoms with Gasteiger partial charge in [0.15, 0.2) is 0 Å². The van der Waals surface area contributed by atoms with E-state index in [4.69, 9.17) is 0 Å². The van der Waals surface area contributed by atoms with Gasteiger partial charge >= 0.3 is 0 Å². The summed E-state index contributed by atoms with van der Waals surface area (Å²) in [7, 11) is 0. The van der Waals surface area contributed by atoms with Crippen molar-refractivity contribution in [3.8, 4) is 0 Å². The Morgan fingerprint density at radius 3 is 2.93 bits per heavy atom. The molecule has 1 aromatic carbocycles. The van der Waals surface area contributed by atoms with Gasteiger partial charge in [-0.1, -0.05) is 24.3 Å². The minimum absolute atomic E-state index is 0.107. The molecule has 76 valence electrons. The number of aldehydes is 1. The highest BCUT2D eigenvalue weighted by Crippen LogP contribution is 2.24. The highest BCUT2D eigenvalue weighted by Gasteiger charge is 2.10. The number of carbonyl (C=O) groups excluding carboxylic acids is 1. The fourth-order valence-corrected chi connectivity index (χ4v) is 1.62. The molecule has 0 radical (unpaired) electrons. The predicted octanol–water partition coefficient (Wildman–Crippen LogP) is 1.86. The van der Waals surface area contributed by atoms with E-state index in [0.717, 1.165) is 10.8 Å². The number of pyridine rings is 1. The molecule has 1 aromatic heterocycles. The molecule has 0 aliphatic rings. The first kappa shape index (κ1) is 9.80. The van der Waals surface area contributed by atoms with Gasteiger partial charge in [-0.2, -0.15) is 0 Å². The molecule has 0 amide bonds. The SMILES string of the molecule is O=CCC(O)c1cncc2ccccc12. The van der Waals surface area contributed by atoms with Crippen molar-refractivity contribution in [2.24, 2.45) is 0 Å². The molecular formula is C12H11NO2. The highest BCUT2D eigenvalue weighted by atomic mass is 16.3. The molecule has 0 bridgehead atoms. The zero-order valence-corrected chi connectivity index (χ0v) is 8.13. The van der Waals surface area contributed by atoms with E-state index in [0.29, 0.717) is 11.8 Å². The van der Waals surface area contributed by atoms with Crippen molar-refractivity contribution in [2.75, 3.05) is 0 Å². The van der Waals surface area contributed by atoms with E-state index < -0.39 is 6.10 Å². The number of hydrogen-bond donors (Lipinski definition) is 1. The van der Waals surface area contributed by atoms with Crippen LogP contribution >= 0.6 is 0 Å². The van der Waals surface area contributed by atoms with Crippen LogP contribution in [-0.2, 0) is 4.79 Å². The predicted molar refractivity (Wildman–Crippen MR) is 57.4 cm³/mol. The van der Waals surface area contributed by atoms with Gasteiger partial charge < -0.3 is 9.90 Å². The molecule has 0 saturated heterocycles. The van der Waals surface area contributed by atoms with E-state index in [2.05, 4.69) is 4.98 Å². The third-order valence-corrected chi connectivity index (χ3v) is 2.38. The van der Waals surface area contributed by atoms with E-state index in [9.17, 15) is 9.90 Å². The minimum atomic E-state index is -0.763. The number of aliphatic hydroxyl groups is 1. The van der Waals surface area contributed by atoms with Crippen LogP contribution in [0.15, 0.2) is 36.7 Å². The maximum Gasteiger partial charge on any atom is 0.122 e. The van der Waals surface area contributed by atoms with Crippen LogP contribution < -0.4 is 0 Å². The van der Waals surface area contributed by atoms with Gasteiger partial charge in [0.25, 0.3) is 0 Å². The molecule has 0 spiro atoms. The molecule has 0 aliphatic carbocycles. The molecule has 3 heteroatoms. The van der Waals surface area contributed by atoms with Crippen LogP contribution in [0.5, 0.6) is 0 Å². The summed E-state index contributed by atoms with van der Waals surface area (Å²) in [5.74, 6) is 0. The second-order valence-electron chi connectivity index (χ2n) is 3.37. The summed E-state index contributed by atoms with van der Waals surface area (Å²) in [6.45, 7) is 0. The van der Waals surface area contributed by atoms with Crippen LogP contribution in [-0.4, -0.2) is 16.4 Å². The Balaban J connectivity index is 2.55. The molecule has 1 unspecified atom stereocenters. The van der Waals surface area contributed by atoms with Gasteiger partial charge in [-0.25, -0.2) is 0 Å². The molecule has 0 aliphatic heterocycles. The number of carbonyl (C=O) groups is 1. The third-order valence-electron chi connectivity index (χ3n) is 2.38. The van der Waals surface area contributed by atoms with Gasteiger partial charge in [0.1, 0.15) is 6.29 Å². The van der Waals surface area contributed by atoms with Crippen molar-refractivity contribution in [3.63, 3.8) is 0 Å². The van der Waals surface area contributed by atoms with Crippen LogP contribution in [0.4, 0.5) is 0 Å². The summed E-state index contributed by atoms with van der Waals surface area (Å²) < 4.78 is 0. The lowest BCUT2D eigenvalue weighted by molar-refractivity contribution is -0.109. The summed E-state index contributed by atoms with van der Waals surface area (Å²) in [5.41, 5.74) is 0.709. The molecule has 0 fully saturated rings. The van der Waals surface area contributed by atoms with Gasteiger partial charge in [-0.15, -0.1) is 0 Å². The van der Waals surface area contributed by atoms with E-state index in [-0.39, 0.29) is 6.42 Å². The van der Waals surface area contributed by atoms with Crippen LogP contribution in [0, 0.1) is 0 Å². The quantitative estimate of drug-likeness (QED) is 0.771. The topological polar surface area (TPSA) is 50.2 Å². The number of benzene rings is 1. The number of hydrogen-bond acceptors (Lipinski definition) is 3. The first-order valence-corrected chi connectivity index (χ1v) is 4.77. The van der Waals surface area contributed by atoms with Crippen molar-refractivity contribution >= 4 is 17.1 Å². The number of rotatable bonds is 3. The number of aliphatic hydroxyl groups excluding tert-OH is 1. The van der Waals surface area contributed by atoms with Gasteiger partial charge in [0.2, 0.25) is 0 Å². The second-order valence-corrected chi connectivity index (χ2v) is 3.37. The number of aromatic nitrogens is 1. The maximum atomic E-state index is 10.3. The zero-order chi connectivity index (χ0) is 10.7. The lowest BCUT2D eigenvalue weighted by Crippen LogP contribution is -1.99. The summed E-state index contributed by atoms with van der Waals surface area (Å²) in [5, 5.41) is 11.7. The fraction of sp³-hybridized carbons (Fsp3) is 0.167. The van der Waals surface area contributed by atoms with Crippen molar-refractivity contribution in [3.05, 3.63) is 42.2 Å². The molecule has 1 heterocycles. The standard InChI is InChI=1S/C12H11NO2/c14-6-5-12(15)11-8-13-7-9-3-1-2-4-10(9)11/h1-4,6-8,12,15H,5H2. The normalized spacial score (nSPS) is 12.6. The molecular weight excluding hydrogens is 190 g/mol. The lowest BCUT2D eigenvalue weighted by Gasteiger charge is -2.09. The largest absolute Gasteiger partial charge is 0.388 e. The third kappa shape index (κ3) is 1.87. The van der Waals surface area contributed by atoms with Crippen LogP contribution in [0.1, 0.15) is 18.1 Å². The number of fused-ring (bicyclic) bond motifs is 1. The molecule has 3 nitrogen and oxygen atoms in total. The summed E-state index contributed by atoms with van der Waals surface area (Å²) in [4.78, 5) is 14.4. The Morgan fingerprint density at radius 1 is 1.33 bits per heavy atom. The lowest BCUT2D eigenvalue weighted by atomic mass is 10.0. The molecule has 2 rings (SSSR count). The Kier molecular flexibility index (Phi) is 2.74. The van der Waals surface area contributed by atoms with E-state index in [1.54, 1.807) is 12.4 Å². The number of nitrogens with zero attached hydrogens (tertiary/aromatic N) is 1. The summed E-state index contributed by atoms with van der Waals surface area (Å²) >= 11 is 0. The van der Waals surface area contributed by atoms with Gasteiger partial charge in [-0.3, -0.25) is 4.98 Å². The van der Waals surface area contributed by atoms with Crippen molar-refractivity contribution in [1.82, 2.24) is 4.98 Å². The van der Waals surface area contributed by atoms with Crippen molar-refractivity contribution < 1.29 is 9.90 Å². The maximum absolute atomic E-state index is 10.3. The van der Waals surface area contributed by atoms with Crippen LogP contribution in [0.25, 0.3) is 10.8 Å².